The molecule has 0 amide bonds. The van der Waals surface area contributed by atoms with Gasteiger partial charge in [0.15, 0.2) is 11.5 Å². The Hall–Kier alpha value is -2.76. The first-order valence-electron chi connectivity index (χ1n) is 6.66. The predicted octanol–water partition coefficient (Wildman–Crippen LogP) is 2.75. The van der Waals surface area contributed by atoms with Crippen molar-refractivity contribution in [2.75, 3.05) is 12.1 Å². The zero-order valence-corrected chi connectivity index (χ0v) is 11.8. The Kier molecular flexibility index (Phi) is 2.50. The van der Waals surface area contributed by atoms with Gasteiger partial charge in [0.05, 0.1) is 11.4 Å². The van der Waals surface area contributed by atoms with E-state index in [4.69, 9.17) is 9.47 Å². The van der Waals surface area contributed by atoms with E-state index >= 15 is 0 Å². The van der Waals surface area contributed by atoms with Gasteiger partial charge in [-0.2, -0.15) is 5.10 Å². The molecule has 2 aromatic heterocycles. The molecule has 21 heavy (non-hydrogen) atoms. The number of anilines is 2. The van der Waals surface area contributed by atoms with E-state index < -0.39 is 0 Å². The van der Waals surface area contributed by atoms with E-state index in [1.807, 2.05) is 38.4 Å². The van der Waals surface area contributed by atoms with Crippen molar-refractivity contribution in [2.24, 2.45) is 7.05 Å². The van der Waals surface area contributed by atoms with Crippen LogP contribution in [0.25, 0.3) is 10.8 Å². The first-order valence-corrected chi connectivity index (χ1v) is 6.66. The van der Waals surface area contributed by atoms with Crippen molar-refractivity contribution in [3.05, 3.63) is 36.3 Å². The minimum absolute atomic E-state index is 0.267. The summed E-state index contributed by atoms with van der Waals surface area (Å²) in [5, 5.41) is 9.71. The van der Waals surface area contributed by atoms with Crippen LogP contribution in [0.1, 0.15) is 5.69 Å². The lowest BCUT2D eigenvalue weighted by Gasteiger charge is -2.08. The minimum atomic E-state index is 0.267. The summed E-state index contributed by atoms with van der Waals surface area (Å²) in [5.41, 5.74) is 1.87. The monoisotopic (exact) mass is 282 g/mol. The van der Waals surface area contributed by atoms with Crippen LogP contribution in [0, 0.1) is 6.92 Å². The summed E-state index contributed by atoms with van der Waals surface area (Å²) in [4.78, 5) is 4.43. The molecule has 0 fully saturated rings. The number of pyridine rings is 1. The fraction of sp³-hybridized carbons (Fsp3) is 0.200. The van der Waals surface area contributed by atoms with Crippen LogP contribution in [0.4, 0.5) is 11.5 Å². The molecular formula is C15H14N4O2. The lowest BCUT2D eigenvalue weighted by atomic mass is 10.1. The Labute approximate surface area is 121 Å². The highest BCUT2D eigenvalue weighted by Crippen LogP contribution is 2.38. The molecule has 0 saturated heterocycles. The van der Waals surface area contributed by atoms with Crippen molar-refractivity contribution in [1.29, 1.82) is 0 Å². The van der Waals surface area contributed by atoms with E-state index in [1.54, 1.807) is 10.9 Å². The van der Waals surface area contributed by atoms with Crippen LogP contribution in [0.15, 0.2) is 30.6 Å². The van der Waals surface area contributed by atoms with Gasteiger partial charge in [-0.05, 0) is 30.5 Å². The van der Waals surface area contributed by atoms with Crippen molar-refractivity contribution >= 4 is 22.3 Å². The van der Waals surface area contributed by atoms with Crippen LogP contribution in [-0.2, 0) is 7.05 Å². The predicted molar refractivity (Wildman–Crippen MR) is 79.1 cm³/mol. The van der Waals surface area contributed by atoms with Gasteiger partial charge in [0.25, 0.3) is 0 Å². The largest absolute Gasteiger partial charge is 0.454 e. The third-order valence-electron chi connectivity index (χ3n) is 3.52. The average Bonchev–Trinajstić information content (AvgIpc) is 3.03. The normalized spacial score (nSPS) is 12.9. The molecule has 106 valence electrons. The van der Waals surface area contributed by atoms with Crippen LogP contribution in [0.5, 0.6) is 11.5 Å². The van der Waals surface area contributed by atoms with Crippen LogP contribution >= 0.6 is 0 Å². The molecule has 6 heteroatoms. The molecule has 0 saturated carbocycles. The number of rotatable bonds is 2. The van der Waals surface area contributed by atoms with Crippen molar-refractivity contribution in [1.82, 2.24) is 14.8 Å². The molecule has 3 heterocycles. The van der Waals surface area contributed by atoms with Gasteiger partial charge >= 0.3 is 0 Å². The molecule has 6 nitrogen and oxygen atoms in total. The molecule has 1 aromatic carbocycles. The Morgan fingerprint density at radius 3 is 2.81 bits per heavy atom. The number of hydrogen-bond donors (Lipinski definition) is 1. The highest BCUT2D eigenvalue weighted by atomic mass is 16.7. The molecule has 3 aromatic rings. The summed E-state index contributed by atoms with van der Waals surface area (Å²) < 4.78 is 12.6. The second-order valence-corrected chi connectivity index (χ2v) is 5.01. The Bertz CT molecular complexity index is 841. The zero-order valence-electron chi connectivity index (χ0n) is 11.8. The number of aryl methyl sites for hydroxylation is 2. The molecule has 0 radical (unpaired) electrons. The molecular weight excluding hydrogens is 268 g/mol. The molecule has 1 aliphatic rings. The number of ether oxygens (including phenoxy) is 2. The maximum Gasteiger partial charge on any atom is 0.231 e. The van der Waals surface area contributed by atoms with Crippen molar-refractivity contribution in [2.45, 2.75) is 6.92 Å². The third kappa shape index (κ3) is 1.96. The molecule has 0 atom stereocenters. The van der Waals surface area contributed by atoms with E-state index in [1.165, 1.54) is 0 Å². The average molecular weight is 282 g/mol. The molecule has 0 aliphatic carbocycles. The quantitative estimate of drug-likeness (QED) is 0.783. The van der Waals surface area contributed by atoms with Crippen molar-refractivity contribution < 1.29 is 9.47 Å². The van der Waals surface area contributed by atoms with Gasteiger partial charge in [-0.15, -0.1) is 0 Å². The van der Waals surface area contributed by atoms with Crippen LogP contribution in [0.2, 0.25) is 0 Å². The number of fused-ring (bicyclic) bond motifs is 2. The number of nitrogens with one attached hydrogen (secondary N) is 1. The summed E-state index contributed by atoms with van der Waals surface area (Å²) in [6.07, 6.45) is 3.71. The molecule has 0 spiro atoms. The zero-order chi connectivity index (χ0) is 14.4. The highest BCUT2D eigenvalue weighted by molar-refractivity contribution is 5.95. The fourth-order valence-corrected chi connectivity index (χ4v) is 2.51. The van der Waals surface area contributed by atoms with Crippen molar-refractivity contribution in [3.63, 3.8) is 0 Å². The van der Waals surface area contributed by atoms with Gasteiger partial charge in [-0.1, -0.05) is 0 Å². The van der Waals surface area contributed by atoms with Gasteiger partial charge in [-0.3, -0.25) is 4.68 Å². The lowest BCUT2D eigenvalue weighted by molar-refractivity contribution is 0.174. The second kappa shape index (κ2) is 4.37. The Morgan fingerprint density at radius 1 is 1.24 bits per heavy atom. The van der Waals surface area contributed by atoms with E-state index in [2.05, 4.69) is 15.4 Å². The first kappa shape index (κ1) is 12.0. The maximum absolute atomic E-state index is 5.45. The maximum atomic E-state index is 5.45. The highest BCUT2D eigenvalue weighted by Gasteiger charge is 2.16. The summed E-state index contributed by atoms with van der Waals surface area (Å²) >= 11 is 0. The van der Waals surface area contributed by atoms with Gasteiger partial charge in [-0.25, -0.2) is 4.98 Å². The third-order valence-corrected chi connectivity index (χ3v) is 3.52. The Balaban J connectivity index is 1.83. The topological polar surface area (TPSA) is 61.2 Å². The minimum Gasteiger partial charge on any atom is -0.454 e. The molecule has 1 aliphatic heterocycles. The lowest BCUT2D eigenvalue weighted by Crippen LogP contribution is -1.95. The summed E-state index contributed by atoms with van der Waals surface area (Å²) in [7, 11) is 1.90. The number of hydrogen-bond acceptors (Lipinski definition) is 5. The van der Waals surface area contributed by atoms with Crippen LogP contribution < -0.4 is 14.8 Å². The van der Waals surface area contributed by atoms with Crippen LogP contribution in [-0.4, -0.2) is 21.6 Å². The smallest absolute Gasteiger partial charge is 0.231 e. The summed E-state index contributed by atoms with van der Waals surface area (Å²) in [5.74, 6) is 2.31. The fourth-order valence-electron chi connectivity index (χ4n) is 2.51. The van der Waals surface area contributed by atoms with E-state index in [-0.39, 0.29) is 6.79 Å². The van der Waals surface area contributed by atoms with E-state index in [9.17, 15) is 0 Å². The summed E-state index contributed by atoms with van der Waals surface area (Å²) in [6, 6.07) is 5.89. The second-order valence-electron chi connectivity index (χ2n) is 5.01. The van der Waals surface area contributed by atoms with E-state index in [0.717, 1.165) is 39.5 Å². The molecule has 0 unspecified atom stereocenters. The number of aromatic nitrogens is 3. The summed E-state index contributed by atoms with van der Waals surface area (Å²) in [6.45, 7) is 2.23. The number of benzene rings is 1. The molecule has 0 bridgehead atoms. The van der Waals surface area contributed by atoms with Gasteiger partial charge in [0, 0.05) is 24.8 Å². The van der Waals surface area contributed by atoms with Crippen LogP contribution in [0.3, 0.4) is 0 Å². The first-order chi connectivity index (χ1) is 10.2. The molecule has 4 rings (SSSR count). The van der Waals surface area contributed by atoms with Crippen molar-refractivity contribution in [3.8, 4) is 11.5 Å². The molecule has 1 N–H and O–H groups in total. The standard InChI is InChI=1S/C15H14N4O2/c1-9-12(7-19(2)18-9)17-15-11-6-14-13(20-8-21-14)5-10(11)3-4-16-15/h3-7H,8H2,1-2H3,(H,16,17). The Morgan fingerprint density at radius 2 is 2.05 bits per heavy atom. The van der Waals surface area contributed by atoms with Gasteiger partial charge in [0.1, 0.15) is 5.82 Å². The van der Waals surface area contributed by atoms with E-state index in [0.29, 0.717) is 0 Å². The van der Waals surface area contributed by atoms with Gasteiger partial charge in [0.2, 0.25) is 6.79 Å². The number of nitrogens with zero attached hydrogens (tertiary/aromatic N) is 3. The SMILES string of the molecule is Cc1nn(C)cc1Nc1nccc2cc3c(cc12)OCO3. The van der Waals surface area contributed by atoms with Gasteiger partial charge < -0.3 is 14.8 Å².